The Morgan fingerprint density at radius 2 is 2.00 bits per heavy atom. The van der Waals surface area contributed by atoms with Crippen LogP contribution in [0.2, 0.25) is 5.15 Å². The number of halogens is 1. The Morgan fingerprint density at radius 3 is 2.55 bits per heavy atom. The topological polar surface area (TPSA) is 67.2 Å². The molecule has 0 saturated carbocycles. The second kappa shape index (κ2) is 6.94. The summed E-state index contributed by atoms with van der Waals surface area (Å²) in [6, 6.07) is 7.37. The molecule has 1 aromatic heterocycles. The Balaban J connectivity index is 2.22. The molecule has 0 saturated heterocycles. The molecule has 118 valence electrons. The van der Waals surface area contributed by atoms with Crippen molar-refractivity contribution in [3.8, 4) is 0 Å². The van der Waals surface area contributed by atoms with Crippen LogP contribution in [0.1, 0.15) is 41.4 Å². The molecular weight excluding hydrogens is 302 g/mol. The Hall–Kier alpha value is -1.85. The van der Waals surface area contributed by atoms with Crippen molar-refractivity contribution >= 4 is 23.2 Å². The zero-order valence-electron chi connectivity index (χ0n) is 12.9. The molecule has 0 bridgehead atoms. The predicted molar refractivity (Wildman–Crippen MR) is 87.5 cm³/mol. The maximum Gasteiger partial charge on any atom is 0.260 e. The number of aryl methyl sites for hydroxylation is 1. The summed E-state index contributed by atoms with van der Waals surface area (Å²) in [5.41, 5.74) is 2.80. The van der Waals surface area contributed by atoms with Crippen LogP contribution in [0.3, 0.4) is 0 Å². The number of hydrogen-bond donors (Lipinski definition) is 2. The molecule has 1 aromatic carbocycles. The van der Waals surface area contributed by atoms with Crippen molar-refractivity contribution in [2.75, 3.05) is 11.9 Å². The van der Waals surface area contributed by atoms with Gasteiger partial charge in [0.05, 0.1) is 5.69 Å². The van der Waals surface area contributed by atoms with E-state index in [1.54, 1.807) is 7.05 Å². The van der Waals surface area contributed by atoms with Crippen LogP contribution in [0.15, 0.2) is 24.3 Å². The van der Waals surface area contributed by atoms with Crippen LogP contribution >= 0.6 is 11.6 Å². The number of amides is 1. The maximum absolute atomic E-state index is 12.5. The highest BCUT2D eigenvalue weighted by Gasteiger charge is 2.23. The number of aromatic nitrogens is 2. The summed E-state index contributed by atoms with van der Waals surface area (Å²) in [6.45, 7) is 4.05. The molecule has 2 rings (SSSR count). The molecule has 0 aliphatic carbocycles. The fourth-order valence-electron chi connectivity index (χ4n) is 2.21. The Bertz CT molecular complexity index is 663. The lowest BCUT2D eigenvalue weighted by Gasteiger charge is -2.08. The summed E-state index contributed by atoms with van der Waals surface area (Å²) < 4.78 is 1.51. The van der Waals surface area contributed by atoms with Gasteiger partial charge >= 0.3 is 0 Å². The summed E-state index contributed by atoms with van der Waals surface area (Å²) in [5.74, 6) is -0.164. The molecule has 0 aliphatic heterocycles. The highest BCUT2D eigenvalue weighted by Crippen LogP contribution is 2.26. The summed E-state index contributed by atoms with van der Waals surface area (Å²) in [6.07, 6.45) is 0.597. The van der Waals surface area contributed by atoms with Gasteiger partial charge in [0.25, 0.3) is 5.91 Å². The number of benzene rings is 1. The SMILES string of the molecule is CC(C)c1nn(C)c(Cl)c1C(=O)Nc1ccc(CCO)cc1. The summed E-state index contributed by atoms with van der Waals surface area (Å²) in [7, 11) is 1.72. The van der Waals surface area contributed by atoms with E-state index in [-0.39, 0.29) is 18.4 Å². The number of rotatable bonds is 5. The van der Waals surface area contributed by atoms with E-state index in [2.05, 4.69) is 10.4 Å². The van der Waals surface area contributed by atoms with Gasteiger partial charge in [-0.1, -0.05) is 37.6 Å². The van der Waals surface area contributed by atoms with E-state index in [0.29, 0.717) is 28.5 Å². The van der Waals surface area contributed by atoms with Crippen molar-refractivity contribution in [1.29, 1.82) is 0 Å². The third kappa shape index (κ3) is 3.48. The quantitative estimate of drug-likeness (QED) is 0.889. The fourth-order valence-corrected chi connectivity index (χ4v) is 2.44. The molecule has 0 spiro atoms. The van der Waals surface area contributed by atoms with Crippen LogP contribution < -0.4 is 5.32 Å². The second-order valence-corrected chi connectivity index (χ2v) is 5.81. The van der Waals surface area contributed by atoms with Crippen molar-refractivity contribution in [3.05, 3.63) is 46.2 Å². The molecule has 0 unspecified atom stereocenters. The van der Waals surface area contributed by atoms with Gasteiger partial charge in [-0.3, -0.25) is 9.48 Å². The Morgan fingerprint density at radius 1 is 1.36 bits per heavy atom. The monoisotopic (exact) mass is 321 g/mol. The predicted octanol–water partition coefficient (Wildman–Crippen LogP) is 2.98. The van der Waals surface area contributed by atoms with Crippen LogP contribution in [0.4, 0.5) is 5.69 Å². The zero-order valence-corrected chi connectivity index (χ0v) is 13.7. The third-order valence-electron chi connectivity index (χ3n) is 3.39. The van der Waals surface area contributed by atoms with Gasteiger partial charge in [0, 0.05) is 19.3 Å². The van der Waals surface area contributed by atoms with Gasteiger partial charge in [0.15, 0.2) is 0 Å². The van der Waals surface area contributed by atoms with Gasteiger partial charge in [0.1, 0.15) is 10.7 Å². The number of aliphatic hydroxyl groups is 1. The average molecular weight is 322 g/mol. The molecule has 2 N–H and O–H groups in total. The van der Waals surface area contributed by atoms with Crippen LogP contribution in [-0.2, 0) is 13.5 Å². The minimum atomic E-state index is -0.267. The van der Waals surface area contributed by atoms with Gasteiger partial charge in [0.2, 0.25) is 0 Å². The number of nitrogens with one attached hydrogen (secondary N) is 1. The van der Waals surface area contributed by atoms with E-state index >= 15 is 0 Å². The van der Waals surface area contributed by atoms with Crippen molar-refractivity contribution < 1.29 is 9.90 Å². The van der Waals surface area contributed by atoms with Crippen molar-refractivity contribution in [2.45, 2.75) is 26.2 Å². The molecule has 0 atom stereocenters. The lowest BCUT2D eigenvalue weighted by atomic mass is 10.1. The minimum Gasteiger partial charge on any atom is -0.396 e. The molecular formula is C16H20ClN3O2. The Kier molecular flexibility index (Phi) is 5.21. The maximum atomic E-state index is 12.5. The molecule has 6 heteroatoms. The first kappa shape index (κ1) is 16.5. The van der Waals surface area contributed by atoms with Gasteiger partial charge in [-0.2, -0.15) is 5.10 Å². The van der Waals surface area contributed by atoms with Crippen molar-refractivity contribution in [3.63, 3.8) is 0 Å². The minimum absolute atomic E-state index is 0.103. The number of carbonyl (C=O) groups excluding carboxylic acids is 1. The van der Waals surface area contributed by atoms with E-state index in [0.717, 1.165) is 5.56 Å². The van der Waals surface area contributed by atoms with Crippen LogP contribution in [0.25, 0.3) is 0 Å². The molecule has 5 nitrogen and oxygen atoms in total. The van der Waals surface area contributed by atoms with Gasteiger partial charge in [-0.15, -0.1) is 0 Å². The summed E-state index contributed by atoms with van der Waals surface area (Å²) in [4.78, 5) is 12.5. The molecule has 22 heavy (non-hydrogen) atoms. The number of aliphatic hydroxyl groups excluding tert-OH is 1. The van der Waals surface area contributed by atoms with E-state index < -0.39 is 0 Å². The normalized spacial score (nSPS) is 11.0. The molecule has 1 amide bonds. The third-order valence-corrected chi connectivity index (χ3v) is 3.82. The average Bonchev–Trinajstić information content (AvgIpc) is 2.78. The van der Waals surface area contributed by atoms with E-state index in [4.69, 9.17) is 16.7 Å². The molecule has 2 aromatic rings. The number of hydrogen-bond acceptors (Lipinski definition) is 3. The van der Waals surface area contributed by atoms with Gasteiger partial charge in [-0.05, 0) is 30.0 Å². The molecule has 1 heterocycles. The Labute approximate surface area is 134 Å². The van der Waals surface area contributed by atoms with Crippen LogP contribution in [0, 0.1) is 0 Å². The first-order valence-electron chi connectivity index (χ1n) is 7.17. The highest BCUT2D eigenvalue weighted by atomic mass is 35.5. The van der Waals surface area contributed by atoms with Gasteiger partial charge in [-0.25, -0.2) is 0 Å². The number of nitrogens with zero attached hydrogens (tertiary/aromatic N) is 2. The summed E-state index contributed by atoms with van der Waals surface area (Å²) >= 11 is 6.20. The highest BCUT2D eigenvalue weighted by molar-refractivity contribution is 6.33. The summed E-state index contributed by atoms with van der Waals surface area (Å²) in [5, 5.41) is 16.4. The fraction of sp³-hybridized carbons (Fsp3) is 0.375. The van der Waals surface area contributed by atoms with Crippen LogP contribution in [0.5, 0.6) is 0 Å². The van der Waals surface area contributed by atoms with E-state index in [1.807, 2.05) is 38.1 Å². The first-order chi connectivity index (χ1) is 10.4. The zero-order chi connectivity index (χ0) is 16.3. The molecule has 0 aliphatic rings. The van der Waals surface area contributed by atoms with Gasteiger partial charge < -0.3 is 10.4 Å². The standard InChI is InChI=1S/C16H20ClN3O2/c1-10(2)14-13(15(17)20(3)19-14)16(22)18-12-6-4-11(5-7-12)8-9-21/h4-7,10,21H,8-9H2,1-3H3,(H,18,22). The van der Waals surface area contributed by atoms with E-state index in [9.17, 15) is 4.79 Å². The van der Waals surface area contributed by atoms with Crippen molar-refractivity contribution in [2.24, 2.45) is 7.05 Å². The first-order valence-corrected chi connectivity index (χ1v) is 7.55. The number of anilines is 1. The lowest BCUT2D eigenvalue weighted by molar-refractivity contribution is 0.102. The molecule has 0 fully saturated rings. The second-order valence-electron chi connectivity index (χ2n) is 5.45. The lowest BCUT2D eigenvalue weighted by Crippen LogP contribution is -2.14. The number of carbonyl (C=O) groups is 1. The smallest absolute Gasteiger partial charge is 0.260 e. The van der Waals surface area contributed by atoms with Crippen molar-refractivity contribution in [1.82, 2.24) is 9.78 Å². The van der Waals surface area contributed by atoms with Crippen LogP contribution in [-0.4, -0.2) is 27.4 Å². The largest absolute Gasteiger partial charge is 0.396 e. The van der Waals surface area contributed by atoms with E-state index in [1.165, 1.54) is 4.68 Å². The molecule has 0 radical (unpaired) electrons.